The number of methoxy groups -OCH3 is 1. The van der Waals surface area contributed by atoms with Gasteiger partial charge in [0.1, 0.15) is 0 Å². The molecule has 0 spiro atoms. The number of ether oxygens (including phenoxy) is 1. The molecule has 19 heavy (non-hydrogen) atoms. The second kappa shape index (κ2) is 7.28. The molecule has 2 atom stereocenters. The smallest absolute Gasteiger partial charge is 0.0753 e. The van der Waals surface area contributed by atoms with Crippen molar-refractivity contribution in [3.8, 4) is 0 Å². The topological polar surface area (TPSA) is 35.2 Å². The van der Waals surface area contributed by atoms with Crippen LogP contribution in [0.4, 0.5) is 0 Å². The first kappa shape index (κ1) is 14.8. The fourth-order valence-corrected chi connectivity index (χ4v) is 3.44. The van der Waals surface area contributed by atoms with E-state index < -0.39 is 0 Å². The Morgan fingerprint density at radius 1 is 1.32 bits per heavy atom. The average Bonchev–Trinajstić information content (AvgIpc) is 2.41. The van der Waals surface area contributed by atoms with E-state index in [1.165, 1.54) is 37.7 Å². The molecule has 2 N–H and O–H groups in total. The lowest BCUT2D eigenvalue weighted by Crippen LogP contribution is -2.43. The molecule has 1 aromatic rings. The maximum absolute atomic E-state index is 6.37. The lowest BCUT2D eigenvalue weighted by molar-refractivity contribution is 0.0179. The normalized spacial score (nSPS) is 20.2. The Morgan fingerprint density at radius 3 is 2.68 bits per heavy atom. The van der Waals surface area contributed by atoms with Crippen LogP contribution >= 0.6 is 11.6 Å². The van der Waals surface area contributed by atoms with Gasteiger partial charge in [0.25, 0.3) is 0 Å². The van der Waals surface area contributed by atoms with E-state index in [-0.39, 0.29) is 12.1 Å². The molecule has 1 aliphatic rings. The van der Waals surface area contributed by atoms with E-state index in [1.807, 2.05) is 18.2 Å². The molecule has 0 amide bonds. The van der Waals surface area contributed by atoms with Gasteiger partial charge in [-0.2, -0.15) is 0 Å². The Balaban J connectivity index is 1.97. The van der Waals surface area contributed by atoms with Gasteiger partial charge in [-0.15, -0.1) is 0 Å². The van der Waals surface area contributed by atoms with Crippen LogP contribution < -0.4 is 5.73 Å². The molecule has 1 saturated carbocycles. The summed E-state index contributed by atoms with van der Waals surface area (Å²) in [5.74, 6) is 0.618. The van der Waals surface area contributed by atoms with Crippen molar-refractivity contribution < 1.29 is 4.74 Å². The minimum atomic E-state index is 0.0477. The number of hydrogen-bond donors (Lipinski definition) is 1. The van der Waals surface area contributed by atoms with Crippen molar-refractivity contribution in [3.63, 3.8) is 0 Å². The van der Waals surface area contributed by atoms with E-state index in [4.69, 9.17) is 22.1 Å². The van der Waals surface area contributed by atoms with E-state index in [0.29, 0.717) is 5.92 Å². The minimum Gasteiger partial charge on any atom is -0.380 e. The van der Waals surface area contributed by atoms with Gasteiger partial charge in [-0.25, -0.2) is 0 Å². The Labute approximate surface area is 121 Å². The van der Waals surface area contributed by atoms with Gasteiger partial charge in [-0.3, -0.25) is 0 Å². The largest absolute Gasteiger partial charge is 0.380 e. The third kappa shape index (κ3) is 4.20. The first-order valence-electron chi connectivity index (χ1n) is 7.23. The SMILES string of the molecule is COC(C(N)Cc1cccc(Cl)c1)C1CCCCC1. The highest BCUT2D eigenvalue weighted by atomic mass is 35.5. The maximum atomic E-state index is 6.37. The molecule has 1 fully saturated rings. The molecule has 2 rings (SSSR count). The second-order valence-corrected chi connectivity index (χ2v) is 6.03. The van der Waals surface area contributed by atoms with E-state index in [2.05, 4.69) is 6.07 Å². The lowest BCUT2D eigenvalue weighted by Gasteiger charge is -2.33. The van der Waals surface area contributed by atoms with Gasteiger partial charge in [0, 0.05) is 18.2 Å². The molecule has 2 nitrogen and oxygen atoms in total. The molecule has 0 aliphatic heterocycles. The van der Waals surface area contributed by atoms with Gasteiger partial charge in [0.15, 0.2) is 0 Å². The van der Waals surface area contributed by atoms with Crippen molar-refractivity contribution in [3.05, 3.63) is 34.9 Å². The zero-order valence-electron chi connectivity index (χ0n) is 11.6. The summed E-state index contributed by atoms with van der Waals surface area (Å²) in [5, 5.41) is 0.774. The van der Waals surface area contributed by atoms with Crippen molar-refractivity contribution >= 4 is 11.6 Å². The molecular formula is C16H24ClNO. The predicted molar refractivity (Wildman–Crippen MR) is 80.5 cm³/mol. The molecule has 1 aliphatic carbocycles. The first-order valence-corrected chi connectivity index (χ1v) is 7.61. The van der Waals surface area contributed by atoms with E-state index >= 15 is 0 Å². The van der Waals surface area contributed by atoms with Crippen molar-refractivity contribution in [2.45, 2.75) is 50.7 Å². The van der Waals surface area contributed by atoms with Crippen LogP contribution in [0.25, 0.3) is 0 Å². The van der Waals surface area contributed by atoms with Gasteiger partial charge in [-0.1, -0.05) is 43.0 Å². The summed E-state index contributed by atoms with van der Waals surface area (Å²) < 4.78 is 5.70. The predicted octanol–water partition coefficient (Wildman–Crippen LogP) is 3.81. The molecule has 0 saturated heterocycles. The zero-order valence-corrected chi connectivity index (χ0v) is 12.4. The molecule has 0 radical (unpaired) electrons. The molecule has 3 heteroatoms. The Hall–Kier alpha value is -0.570. The summed E-state index contributed by atoms with van der Waals surface area (Å²) in [6.45, 7) is 0. The molecule has 2 unspecified atom stereocenters. The van der Waals surface area contributed by atoms with Crippen LogP contribution in [0.3, 0.4) is 0 Å². The van der Waals surface area contributed by atoms with Gasteiger partial charge in [0.05, 0.1) is 6.10 Å². The van der Waals surface area contributed by atoms with Crippen LogP contribution in [0.1, 0.15) is 37.7 Å². The fourth-order valence-electron chi connectivity index (χ4n) is 3.23. The quantitative estimate of drug-likeness (QED) is 0.891. The maximum Gasteiger partial charge on any atom is 0.0753 e. The van der Waals surface area contributed by atoms with Crippen LogP contribution in [-0.2, 0) is 11.2 Å². The summed E-state index contributed by atoms with van der Waals surface area (Å²) in [6, 6.07) is 8.00. The lowest BCUT2D eigenvalue weighted by atomic mass is 9.81. The molecule has 0 heterocycles. The van der Waals surface area contributed by atoms with E-state index in [9.17, 15) is 0 Å². The summed E-state index contributed by atoms with van der Waals surface area (Å²) >= 11 is 6.02. The second-order valence-electron chi connectivity index (χ2n) is 5.60. The van der Waals surface area contributed by atoms with Crippen LogP contribution in [-0.4, -0.2) is 19.3 Å². The van der Waals surface area contributed by atoms with Crippen LogP contribution in [0.2, 0.25) is 5.02 Å². The summed E-state index contributed by atoms with van der Waals surface area (Å²) in [4.78, 5) is 0. The van der Waals surface area contributed by atoms with Crippen LogP contribution in [0.5, 0.6) is 0 Å². The van der Waals surface area contributed by atoms with E-state index in [1.54, 1.807) is 7.11 Å². The van der Waals surface area contributed by atoms with Crippen molar-refractivity contribution in [1.82, 2.24) is 0 Å². The highest BCUT2D eigenvalue weighted by Gasteiger charge is 2.28. The standard InChI is InChI=1S/C16H24ClNO/c1-19-16(13-7-3-2-4-8-13)15(18)11-12-6-5-9-14(17)10-12/h5-6,9-10,13,15-16H,2-4,7-8,11,18H2,1H3. The molecule has 0 bridgehead atoms. The van der Waals surface area contributed by atoms with E-state index in [0.717, 1.165) is 11.4 Å². The Morgan fingerprint density at radius 2 is 2.05 bits per heavy atom. The number of hydrogen-bond acceptors (Lipinski definition) is 2. The summed E-state index contributed by atoms with van der Waals surface area (Å²) in [6.07, 6.45) is 7.48. The van der Waals surface area contributed by atoms with Gasteiger partial charge in [0.2, 0.25) is 0 Å². The van der Waals surface area contributed by atoms with Gasteiger partial charge >= 0.3 is 0 Å². The number of rotatable bonds is 5. The molecule has 1 aromatic carbocycles. The Kier molecular flexibility index (Phi) is 5.68. The molecular weight excluding hydrogens is 258 g/mol. The third-order valence-corrected chi connectivity index (χ3v) is 4.40. The van der Waals surface area contributed by atoms with Crippen LogP contribution in [0.15, 0.2) is 24.3 Å². The average molecular weight is 282 g/mol. The highest BCUT2D eigenvalue weighted by molar-refractivity contribution is 6.30. The zero-order chi connectivity index (χ0) is 13.7. The fraction of sp³-hybridized carbons (Fsp3) is 0.625. The number of nitrogens with two attached hydrogens (primary N) is 1. The Bertz CT molecular complexity index is 390. The van der Waals surface area contributed by atoms with Gasteiger partial charge in [-0.05, 0) is 42.9 Å². The first-order chi connectivity index (χ1) is 9.20. The highest BCUT2D eigenvalue weighted by Crippen LogP contribution is 2.29. The minimum absolute atomic E-state index is 0.0477. The van der Waals surface area contributed by atoms with Crippen LogP contribution in [0, 0.1) is 5.92 Å². The van der Waals surface area contributed by atoms with Crippen molar-refractivity contribution in [1.29, 1.82) is 0 Å². The van der Waals surface area contributed by atoms with Gasteiger partial charge < -0.3 is 10.5 Å². The molecule has 106 valence electrons. The number of halogens is 1. The summed E-state index contributed by atoms with van der Waals surface area (Å²) in [5.41, 5.74) is 7.57. The monoisotopic (exact) mass is 281 g/mol. The van der Waals surface area contributed by atoms with Crippen molar-refractivity contribution in [2.24, 2.45) is 11.7 Å². The molecule has 0 aromatic heterocycles. The van der Waals surface area contributed by atoms with Crippen molar-refractivity contribution in [2.75, 3.05) is 7.11 Å². The summed E-state index contributed by atoms with van der Waals surface area (Å²) in [7, 11) is 1.79. The number of benzene rings is 1. The third-order valence-electron chi connectivity index (χ3n) is 4.17.